The predicted molar refractivity (Wildman–Crippen MR) is 144 cm³/mol. The number of hydrogen-bond donors (Lipinski definition) is 1. The highest BCUT2D eigenvalue weighted by atomic mass is 16.5. The van der Waals surface area contributed by atoms with Gasteiger partial charge in [-0.3, -0.25) is 4.79 Å². The van der Waals surface area contributed by atoms with Crippen LogP contribution in [0.4, 0.5) is 0 Å². The molecule has 2 aromatic rings. The van der Waals surface area contributed by atoms with E-state index in [1.807, 2.05) is 18.2 Å². The van der Waals surface area contributed by atoms with Crippen LogP contribution < -0.4 is 19.5 Å². The van der Waals surface area contributed by atoms with Crippen molar-refractivity contribution >= 4 is 5.91 Å². The molecule has 5 nitrogen and oxygen atoms in total. The molecular weight excluding hydrogens is 450 g/mol. The van der Waals surface area contributed by atoms with Crippen molar-refractivity contribution < 1.29 is 19.0 Å². The first-order valence-corrected chi connectivity index (χ1v) is 14.0. The molecule has 5 heteroatoms. The molecule has 1 amide bonds. The summed E-state index contributed by atoms with van der Waals surface area (Å²) < 4.78 is 17.9. The lowest BCUT2D eigenvalue weighted by atomic mass is 9.82. The standard InChI is InChI=1S/C31H43NO4/c1-3-4-5-6-9-17-35-28-14-10-11-23(19-28)18-25-20-26(22-32-31(25)33)24-15-16-29(34-2)30(21-24)36-27-12-7-8-13-27/h10-11,14-16,19,21,25-27H,3-9,12-13,17-18,20,22H2,1-2H3,(H,32,33). The maximum absolute atomic E-state index is 12.8. The molecular formula is C31H43NO4. The van der Waals surface area contributed by atoms with Gasteiger partial charge in [-0.05, 0) is 80.3 Å². The molecule has 1 saturated carbocycles. The van der Waals surface area contributed by atoms with E-state index in [0.717, 1.165) is 61.5 Å². The Labute approximate surface area is 216 Å². The topological polar surface area (TPSA) is 56.8 Å². The van der Waals surface area contributed by atoms with E-state index in [2.05, 4.69) is 36.5 Å². The number of piperidine rings is 1. The number of hydrogen-bond acceptors (Lipinski definition) is 4. The van der Waals surface area contributed by atoms with Crippen LogP contribution in [0, 0.1) is 5.92 Å². The lowest BCUT2D eigenvalue weighted by Crippen LogP contribution is -2.41. The third kappa shape index (κ3) is 7.41. The summed E-state index contributed by atoms with van der Waals surface area (Å²) in [5.41, 5.74) is 2.35. The first kappa shape index (κ1) is 26.4. The first-order chi connectivity index (χ1) is 17.7. The van der Waals surface area contributed by atoms with Gasteiger partial charge in [0.05, 0.1) is 19.8 Å². The molecule has 1 aliphatic heterocycles. The normalized spacial score (nSPS) is 20.2. The fourth-order valence-electron chi connectivity index (χ4n) is 5.50. The van der Waals surface area contributed by atoms with Gasteiger partial charge >= 0.3 is 0 Å². The average molecular weight is 494 g/mol. The lowest BCUT2D eigenvalue weighted by molar-refractivity contribution is -0.126. The largest absolute Gasteiger partial charge is 0.494 e. The molecule has 2 aliphatic rings. The number of unbranched alkanes of at least 4 members (excludes halogenated alkanes) is 4. The minimum absolute atomic E-state index is 0.0608. The van der Waals surface area contributed by atoms with Crippen LogP contribution in [0.2, 0.25) is 0 Å². The zero-order chi connectivity index (χ0) is 25.2. The summed E-state index contributed by atoms with van der Waals surface area (Å²) >= 11 is 0. The van der Waals surface area contributed by atoms with E-state index in [4.69, 9.17) is 14.2 Å². The van der Waals surface area contributed by atoms with Crippen molar-refractivity contribution in [2.24, 2.45) is 5.92 Å². The molecule has 196 valence electrons. The molecule has 1 heterocycles. The third-order valence-corrected chi connectivity index (χ3v) is 7.61. The molecule has 0 radical (unpaired) electrons. The Morgan fingerprint density at radius 3 is 2.61 bits per heavy atom. The van der Waals surface area contributed by atoms with Gasteiger partial charge in [0.2, 0.25) is 5.91 Å². The number of carbonyl (C=O) groups is 1. The Hall–Kier alpha value is -2.69. The molecule has 1 saturated heterocycles. The summed E-state index contributed by atoms with van der Waals surface area (Å²) in [7, 11) is 1.69. The average Bonchev–Trinajstić information content (AvgIpc) is 3.41. The second-order valence-electron chi connectivity index (χ2n) is 10.4. The highest BCUT2D eigenvalue weighted by Gasteiger charge is 2.30. The number of carbonyl (C=O) groups excluding carboxylic acids is 1. The summed E-state index contributed by atoms with van der Waals surface area (Å²) in [6.07, 6.45) is 12.6. The summed E-state index contributed by atoms with van der Waals surface area (Å²) in [6, 6.07) is 14.5. The van der Waals surface area contributed by atoms with Crippen molar-refractivity contribution in [1.82, 2.24) is 5.32 Å². The van der Waals surface area contributed by atoms with Crippen molar-refractivity contribution in [3.8, 4) is 17.2 Å². The van der Waals surface area contributed by atoms with Crippen molar-refractivity contribution in [2.75, 3.05) is 20.3 Å². The number of nitrogens with one attached hydrogen (secondary N) is 1. The monoisotopic (exact) mass is 493 g/mol. The summed E-state index contributed by atoms with van der Waals surface area (Å²) in [5.74, 6) is 2.85. The molecule has 2 atom stereocenters. The minimum Gasteiger partial charge on any atom is -0.494 e. The maximum Gasteiger partial charge on any atom is 0.223 e. The van der Waals surface area contributed by atoms with Gasteiger partial charge in [0.1, 0.15) is 5.75 Å². The van der Waals surface area contributed by atoms with E-state index >= 15 is 0 Å². The van der Waals surface area contributed by atoms with Crippen LogP contribution in [0.3, 0.4) is 0 Å². The second kappa shape index (κ2) is 13.6. The Kier molecular flexibility index (Phi) is 9.94. The Balaban J connectivity index is 1.36. The first-order valence-electron chi connectivity index (χ1n) is 14.0. The van der Waals surface area contributed by atoms with E-state index in [9.17, 15) is 4.79 Å². The lowest BCUT2D eigenvalue weighted by Gasteiger charge is -2.30. The van der Waals surface area contributed by atoms with E-state index in [-0.39, 0.29) is 23.8 Å². The highest BCUT2D eigenvalue weighted by molar-refractivity contribution is 5.80. The van der Waals surface area contributed by atoms with E-state index in [0.29, 0.717) is 6.54 Å². The van der Waals surface area contributed by atoms with Crippen LogP contribution in [0.1, 0.15) is 88.2 Å². The highest BCUT2D eigenvalue weighted by Crippen LogP contribution is 2.37. The van der Waals surface area contributed by atoms with Gasteiger partial charge in [0.15, 0.2) is 11.5 Å². The number of benzene rings is 2. The summed E-state index contributed by atoms with van der Waals surface area (Å²) in [5, 5.41) is 3.15. The molecule has 0 bridgehead atoms. The maximum atomic E-state index is 12.8. The van der Waals surface area contributed by atoms with Gasteiger partial charge in [0, 0.05) is 18.4 Å². The summed E-state index contributed by atoms with van der Waals surface area (Å²) in [6.45, 7) is 3.64. The Bertz CT molecular complexity index is 969. The van der Waals surface area contributed by atoms with Gasteiger partial charge < -0.3 is 19.5 Å². The zero-order valence-corrected chi connectivity index (χ0v) is 22.1. The van der Waals surface area contributed by atoms with Gasteiger partial charge in [-0.1, -0.05) is 50.8 Å². The fourth-order valence-corrected chi connectivity index (χ4v) is 5.50. The van der Waals surface area contributed by atoms with Gasteiger partial charge in [-0.2, -0.15) is 0 Å². The molecule has 4 rings (SSSR count). The van der Waals surface area contributed by atoms with Crippen molar-refractivity contribution in [2.45, 2.75) is 89.6 Å². The van der Waals surface area contributed by atoms with Gasteiger partial charge in [0.25, 0.3) is 0 Å². The molecule has 36 heavy (non-hydrogen) atoms. The van der Waals surface area contributed by atoms with Crippen LogP contribution in [0.15, 0.2) is 42.5 Å². The van der Waals surface area contributed by atoms with E-state index in [1.54, 1.807) is 7.11 Å². The van der Waals surface area contributed by atoms with Crippen LogP contribution in [0.5, 0.6) is 17.2 Å². The van der Waals surface area contributed by atoms with Crippen molar-refractivity contribution in [1.29, 1.82) is 0 Å². The van der Waals surface area contributed by atoms with E-state index in [1.165, 1.54) is 44.1 Å². The molecule has 1 aliphatic carbocycles. The number of rotatable bonds is 13. The van der Waals surface area contributed by atoms with E-state index < -0.39 is 0 Å². The zero-order valence-electron chi connectivity index (χ0n) is 22.1. The smallest absolute Gasteiger partial charge is 0.223 e. The van der Waals surface area contributed by atoms with Crippen LogP contribution >= 0.6 is 0 Å². The molecule has 2 unspecified atom stereocenters. The van der Waals surface area contributed by atoms with Gasteiger partial charge in [-0.15, -0.1) is 0 Å². The molecule has 0 spiro atoms. The molecule has 0 aromatic heterocycles. The predicted octanol–water partition coefficient (Wildman–Crippen LogP) is 6.83. The number of ether oxygens (including phenoxy) is 3. The molecule has 2 fully saturated rings. The van der Waals surface area contributed by atoms with Crippen LogP contribution in [0.25, 0.3) is 0 Å². The quantitative estimate of drug-likeness (QED) is 0.311. The van der Waals surface area contributed by atoms with Crippen LogP contribution in [-0.2, 0) is 11.2 Å². The van der Waals surface area contributed by atoms with Gasteiger partial charge in [-0.25, -0.2) is 0 Å². The molecule has 1 N–H and O–H groups in total. The molecule has 2 aromatic carbocycles. The number of methoxy groups -OCH3 is 1. The SMILES string of the molecule is CCCCCCCOc1cccc(CC2CC(c3ccc(OC)c(OC4CCCC4)c3)CNC2=O)c1. The Morgan fingerprint density at radius 1 is 0.972 bits per heavy atom. The number of amides is 1. The fraction of sp³-hybridized carbons (Fsp3) is 0.581. The summed E-state index contributed by atoms with van der Waals surface area (Å²) in [4.78, 5) is 12.8. The van der Waals surface area contributed by atoms with Crippen molar-refractivity contribution in [3.63, 3.8) is 0 Å². The minimum atomic E-state index is -0.0608. The third-order valence-electron chi connectivity index (χ3n) is 7.61. The second-order valence-corrected chi connectivity index (χ2v) is 10.4. The Morgan fingerprint density at radius 2 is 1.81 bits per heavy atom. The van der Waals surface area contributed by atoms with Crippen LogP contribution in [-0.4, -0.2) is 32.3 Å². The van der Waals surface area contributed by atoms with Crippen molar-refractivity contribution in [3.05, 3.63) is 53.6 Å².